The van der Waals surface area contributed by atoms with Gasteiger partial charge in [0.2, 0.25) is 0 Å². The van der Waals surface area contributed by atoms with E-state index in [4.69, 9.17) is 28.9 Å². The van der Waals surface area contributed by atoms with Crippen LogP contribution in [0.1, 0.15) is 5.56 Å². The number of hydrogen-bond acceptors (Lipinski definition) is 4. The SMILES string of the molecule is Cc1cccc(N)c1-c1nnnn1-c1ccc(Cl)c(Cl)c1. The third-order valence-electron chi connectivity index (χ3n) is 3.15. The molecule has 1 aromatic heterocycles. The van der Waals surface area contributed by atoms with Gasteiger partial charge in [-0.2, -0.15) is 4.68 Å². The van der Waals surface area contributed by atoms with Gasteiger partial charge in [0, 0.05) is 11.3 Å². The highest BCUT2D eigenvalue weighted by molar-refractivity contribution is 6.42. The van der Waals surface area contributed by atoms with E-state index >= 15 is 0 Å². The van der Waals surface area contributed by atoms with Gasteiger partial charge in [0.05, 0.1) is 15.7 Å². The standard InChI is InChI=1S/C14H11Cl2N5/c1-8-3-2-4-12(17)13(8)14-18-19-20-21(14)9-5-6-10(15)11(16)7-9/h2-7H,17H2,1H3. The van der Waals surface area contributed by atoms with E-state index in [1.165, 1.54) is 0 Å². The van der Waals surface area contributed by atoms with Crippen LogP contribution in [0.5, 0.6) is 0 Å². The molecule has 7 heteroatoms. The number of aryl methyl sites for hydroxylation is 1. The number of nitrogens with zero attached hydrogens (tertiary/aromatic N) is 4. The lowest BCUT2D eigenvalue weighted by atomic mass is 10.1. The molecule has 0 spiro atoms. The molecular weight excluding hydrogens is 309 g/mol. The Balaban J connectivity index is 2.20. The van der Waals surface area contributed by atoms with E-state index in [1.54, 1.807) is 22.9 Å². The largest absolute Gasteiger partial charge is 0.398 e. The molecule has 1 heterocycles. The molecule has 0 saturated carbocycles. The number of nitrogen functional groups attached to an aromatic ring is 1. The number of anilines is 1. The first-order valence-corrected chi connectivity index (χ1v) is 6.93. The number of aromatic nitrogens is 4. The summed E-state index contributed by atoms with van der Waals surface area (Å²) < 4.78 is 1.58. The fraction of sp³-hybridized carbons (Fsp3) is 0.0714. The van der Waals surface area contributed by atoms with Gasteiger partial charge in [0.1, 0.15) is 0 Å². The zero-order valence-electron chi connectivity index (χ0n) is 11.1. The second-order valence-corrected chi connectivity index (χ2v) is 5.37. The van der Waals surface area contributed by atoms with Gasteiger partial charge >= 0.3 is 0 Å². The molecule has 0 unspecified atom stereocenters. The summed E-state index contributed by atoms with van der Waals surface area (Å²) in [4.78, 5) is 0. The maximum absolute atomic E-state index is 6.06. The van der Waals surface area contributed by atoms with Crippen LogP contribution in [0.15, 0.2) is 36.4 Å². The van der Waals surface area contributed by atoms with Crippen LogP contribution in [0, 0.1) is 6.92 Å². The predicted molar refractivity (Wildman–Crippen MR) is 83.8 cm³/mol. The summed E-state index contributed by atoms with van der Waals surface area (Å²) in [6, 6.07) is 10.9. The molecule has 5 nitrogen and oxygen atoms in total. The van der Waals surface area contributed by atoms with Gasteiger partial charge in [-0.25, -0.2) is 0 Å². The van der Waals surface area contributed by atoms with E-state index in [1.807, 2.05) is 25.1 Å². The van der Waals surface area contributed by atoms with Crippen molar-refractivity contribution in [1.82, 2.24) is 20.2 Å². The fourth-order valence-electron chi connectivity index (χ4n) is 2.13. The van der Waals surface area contributed by atoms with Crippen LogP contribution >= 0.6 is 23.2 Å². The second-order valence-electron chi connectivity index (χ2n) is 4.55. The average Bonchev–Trinajstić information content (AvgIpc) is 2.91. The number of halogens is 2. The molecule has 0 saturated heterocycles. The lowest BCUT2D eigenvalue weighted by Crippen LogP contribution is -2.03. The van der Waals surface area contributed by atoms with Crippen molar-refractivity contribution < 1.29 is 0 Å². The monoisotopic (exact) mass is 319 g/mol. The van der Waals surface area contributed by atoms with Gasteiger partial charge in [0.15, 0.2) is 5.82 Å². The van der Waals surface area contributed by atoms with Gasteiger partial charge in [-0.05, 0) is 47.2 Å². The van der Waals surface area contributed by atoms with Crippen LogP contribution in [0.2, 0.25) is 10.0 Å². The molecule has 0 radical (unpaired) electrons. The maximum Gasteiger partial charge on any atom is 0.189 e. The number of nitrogens with two attached hydrogens (primary N) is 1. The number of tetrazole rings is 1. The van der Waals surface area contributed by atoms with Gasteiger partial charge in [-0.15, -0.1) is 5.10 Å². The van der Waals surface area contributed by atoms with Crippen molar-refractivity contribution in [3.63, 3.8) is 0 Å². The minimum Gasteiger partial charge on any atom is -0.398 e. The molecule has 21 heavy (non-hydrogen) atoms. The highest BCUT2D eigenvalue weighted by atomic mass is 35.5. The molecular formula is C14H11Cl2N5. The molecule has 2 aromatic carbocycles. The van der Waals surface area contributed by atoms with E-state index in [0.29, 0.717) is 27.2 Å². The Labute approximate surface area is 131 Å². The Kier molecular flexibility index (Phi) is 3.53. The van der Waals surface area contributed by atoms with E-state index in [-0.39, 0.29) is 0 Å². The zero-order valence-corrected chi connectivity index (χ0v) is 12.6. The maximum atomic E-state index is 6.06. The molecule has 0 aliphatic heterocycles. The van der Waals surface area contributed by atoms with Crippen molar-refractivity contribution in [3.05, 3.63) is 52.0 Å². The summed E-state index contributed by atoms with van der Waals surface area (Å²) in [6.45, 7) is 1.96. The molecule has 3 aromatic rings. The van der Waals surface area contributed by atoms with Gasteiger partial charge in [-0.3, -0.25) is 0 Å². The Morgan fingerprint density at radius 2 is 1.90 bits per heavy atom. The summed E-state index contributed by atoms with van der Waals surface area (Å²) in [5.41, 5.74) is 9.18. The smallest absolute Gasteiger partial charge is 0.189 e. The highest BCUT2D eigenvalue weighted by Gasteiger charge is 2.16. The van der Waals surface area contributed by atoms with Crippen molar-refractivity contribution in [3.8, 4) is 17.1 Å². The van der Waals surface area contributed by atoms with E-state index in [0.717, 1.165) is 11.1 Å². The first kappa shape index (κ1) is 13.9. The molecule has 3 rings (SSSR count). The van der Waals surface area contributed by atoms with E-state index < -0.39 is 0 Å². The normalized spacial score (nSPS) is 10.8. The van der Waals surface area contributed by atoms with Crippen molar-refractivity contribution in [2.24, 2.45) is 0 Å². The number of rotatable bonds is 2. The summed E-state index contributed by atoms with van der Waals surface area (Å²) >= 11 is 12.0. The van der Waals surface area contributed by atoms with Crippen LogP contribution in [0.25, 0.3) is 17.1 Å². The van der Waals surface area contributed by atoms with Crippen molar-refractivity contribution >= 4 is 28.9 Å². The molecule has 2 N–H and O–H groups in total. The molecule has 0 fully saturated rings. The molecule has 0 atom stereocenters. The van der Waals surface area contributed by atoms with E-state index in [2.05, 4.69) is 15.5 Å². The zero-order chi connectivity index (χ0) is 15.0. The Hall–Kier alpha value is -2.11. The topological polar surface area (TPSA) is 69.6 Å². The quantitative estimate of drug-likeness (QED) is 0.733. The first-order chi connectivity index (χ1) is 10.1. The summed E-state index contributed by atoms with van der Waals surface area (Å²) in [6.07, 6.45) is 0. The first-order valence-electron chi connectivity index (χ1n) is 6.17. The summed E-state index contributed by atoms with van der Waals surface area (Å²) in [5.74, 6) is 0.559. The van der Waals surface area contributed by atoms with Gasteiger partial charge in [-0.1, -0.05) is 35.3 Å². The highest BCUT2D eigenvalue weighted by Crippen LogP contribution is 2.30. The van der Waals surface area contributed by atoms with Gasteiger partial charge < -0.3 is 5.73 Å². The van der Waals surface area contributed by atoms with Crippen molar-refractivity contribution in [2.45, 2.75) is 6.92 Å². The average molecular weight is 320 g/mol. The molecule has 0 aliphatic rings. The lowest BCUT2D eigenvalue weighted by molar-refractivity contribution is 0.791. The van der Waals surface area contributed by atoms with Crippen molar-refractivity contribution in [2.75, 3.05) is 5.73 Å². The van der Waals surface area contributed by atoms with Crippen molar-refractivity contribution in [1.29, 1.82) is 0 Å². The van der Waals surface area contributed by atoms with Crippen LogP contribution in [0.4, 0.5) is 5.69 Å². The lowest BCUT2D eigenvalue weighted by Gasteiger charge is -2.10. The summed E-state index contributed by atoms with van der Waals surface area (Å²) in [7, 11) is 0. The minimum atomic E-state index is 0.438. The van der Waals surface area contributed by atoms with Crippen LogP contribution in [-0.4, -0.2) is 20.2 Å². The third-order valence-corrected chi connectivity index (χ3v) is 3.88. The molecule has 0 aliphatic carbocycles. The third kappa shape index (κ3) is 2.46. The summed E-state index contributed by atoms with van der Waals surface area (Å²) in [5, 5.41) is 12.8. The van der Waals surface area contributed by atoms with Crippen LogP contribution in [0.3, 0.4) is 0 Å². The Bertz CT molecular complexity index is 793. The molecule has 0 bridgehead atoms. The second kappa shape index (κ2) is 5.35. The van der Waals surface area contributed by atoms with Crippen LogP contribution in [-0.2, 0) is 0 Å². The fourth-order valence-corrected chi connectivity index (χ4v) is 2.42. The van der Waals surface area contributed by atoms with Crippen LogP contribution < -0.4 is 5.73 Å². The number of hydrogen-bond donors (Lipinski definition) is 1. The minimum absolute atomic E-state index is 0.438. The molecule has 0 amide bonds. The Morgan fingerprint density at radius 1 is 1.10 bits per heavy atom. The van der Waals surface area contributed by atoms with E-state index in [9.17, 15) is 0 Å². The number of benzene rings is 2. The Morgan fingerprint density at radius 3 is 2.62 bits per heavy atom. The molecule has 106 valence electrons. The van der Waals surface area contributed by atoms with Gasteiger partial charge in [0.25, 0.3) is 0 Å². The predicted octanol–water partition coefficient (Wildman–Crippen LogP) is 3.53.